The maximum absolute atomic E-state index is 5.68. The van der Waals surface area contributed by atoms with Gasteiger partial charge in [-0.2, -0.15) is 5.10 Å². The summed E-state index contributed by atoms with van der Waals surface area (Å²) < 4.78 is 12.8. The van der Waals surface area contributed by atoms with Gasteiger partial charge in [0.15, 0.2) is 11.8 Å². The molecule has 0 amide bonds. The number of aromatic nitrogens is 3. The van der Waals surface area contributed by atoms with E-state index < -0.39 is 0 Å². The van der Waals surface area contributed by atoms with Crippen molar-refractivity contribution in [2.24, 2.45) is 4.99 Å². The van der Waals surface area contributed by atoms with Crippen LogP contribution in [0.1, 0.15) is 37.5 Å². The molecule has 0 aliphatic carbocycles. The first kappa shape index (κ1) is 23.4. The second-order valence-corrected chi connectivity index (χ2v) is 7.18. The fraction of sp³-hybridized carbons (Fsp3) is 0.550. The molecule has 0 bridgehead atoms. The van der Waals surface area contributed by atoms with E-state index in [0.717, 1.165) is 42.7 Å². The molecule has 2 aromatic rings. The second kappa shape index (κ2) is 11.3. The largest absolute Gasteiger partial charge is 0.491 e. The van der Waals surface area contributed by atoms with E-state index in [1.165, 1.54) is 5.56 Å². The average Bonchev–Trinajstić information content (AvgIpc) is 3.07. The van der Waals surface area contributed by atoms with E-state index in [4.69, 9.17) is 9.47 Å². The van der Waals surface area contributed by atoms with Crippen LogP contribution in [0.4, 0.5) is 0 Å². The Morgan fingerprint density at radius 1 is 1.31 bits per heavy atom. The van der Waals surface area contributed by atoms with Gasteiger partial charge < -0.3 is 20.1 Å². The molecule has 0 spiro atoms. The zero-order chi connectivity index (χ0) is 19.9. The van der Waals surface area contributed by atoms with E-state index in [1.807, 2.05) is 30.7 Å². The molecule has 2 heterocycles. The van der Waals surface area contributed by atoms with Crippen molar-refractivity contribution in [1.82, 2.24) is 25.4 Å². The van der Waals surface area contributed by atoms with Crippen molar-refractivity contribution < 1.29 is 9.47 Å². The molecule has 0 saturated carbocycles. The summed E-state index contributed by atoms with van der Waals surface area (Å²) in [5.74, 6) is 3.44. The van der Waals surface area contributed by atoms with Crippen LogP contribution in [0.5, 0.6) is 5.75 Å². The monoisotopic (exact) mass is 514 g/mol. The number of rotatable bonds is 7. The number of aliphatic imine (C=N–C) groups is 1. The molecule has 160 valence electrons. The third-order valence-electron chi connectivity index (χ3n) is 4.49. The van der Waals surface area contributed by atoms with Crippen LogP contribution in [-0.4, -0.2) is 47.0 Å². The third-order valence-corrected chi connectivity index (χ3v) is 4.49. The van der Waals surface area contributed by atoms with Gasteiger partial charge in [0.2, 0.25) is 0 Å². The van der Waals surface area contributed by atoms with Gasteiger partial charge in [-0.05, 0) is 38.0 Å². The minimum atomic E-state index is 0. The molecule has 3 rings (SSSR count). The number of halogens is 1. The summed E-state index contributed by atoms with van der Waals surface area (Å²) in [6.45, 7) is 5.96. The Labute approximate surface area is 189 Å². The van der Waals surface area contributed by atoms with Crippen molar-refractivity contribution in [1.29, 1.82) is 0 Å². The fourth-order valence-corrected chi connectivity index (χ4v) is 3.20. The molecule has 1 aliphatic rings. The first-order chi connectivity index (χ1) is 13.6. The number of hydrogen-bond donors (Lipinski definition) is 2. The highest BCUT2D eigenvalue weighted by molar-refractivity contribution is 14.0. The highest BCUT2D eigenvalue weighted by atomic mass is 127. The van der Waals surface area contributed by atoms with E-state index in [1.54, 1.807) is 14.2 Å². The summed E-state index contributed by atoms with van der Waals surface area (Å²) in [5, 5.41) is 11.4. The van der Waals surface area contributed by atoms with Gasteiger partial charge in [0.1, 0.15) is 18.2 Å². The molecule has 1 aromatic heterocycles. The highest BCUT2D eigenvalue weighted by Crippen LogP contribution is 2.15. The van der Waals surface area contributed by atoms with Gasteiger partial charge in [-0.3, -0.25) is 4.99 Å². The van der Waals surface area contributed by atoms with E-state index in [0.29, 0.717) is 13.2 Å². The van der Waals surface area contributed by atoms with Gasteiger partial charge in [0.25, 0.3) is 0 Å². The van der Waals surface area contributed by atoms with Crippen LogP contribution in [0.15, 0.2) is 29.3 Å². The van der Waals surface area contributed by atoms with Crippen LogP contribution in [-0.2, 0) is 30.9 Å². The Bertz CT molecular complexity index is 791. The maximum atomic E-state index is 5.68. The lowest BCUT2D eigenvalue weighted by Gasteiger charge is -2.25. The number of fused-ring (bicyclic) bond motifs is 1. The van der Waals surface area contributed by atoms with E-state index in [9.17, 15) is 0 Å². The number of methoxy groups -OCH3 is 1. The molecule has 8 nitrogen and oxygen atoms in total. The quantitative estimate of drug-likeness (QED) is 0.336. The topological polar surface area (TPSA) is 85.6 Å². The SMILES string of the molecule is CN=C(NCc1ccc(OC(C)C)cc1)NC1CCc2nc(COC)nn2C1.I. The highest BCUT2D eigenvalue weighted by Gasteiger charge is 2.22. The average molecular weight is 514 g/mol. The minimum absolute atomic E-state index is 0. The summed E-state index contributed by atoms with van der Waals surface area (Å²) in [5.41, 5.74) is 1.17. The molecule has 2 N–H and O–H groups in total. The van der Waals surface area contributed by atoms with Gasteiger partial charge in [0.05, 0.1) is 12.6 Å². The van der Waals surface area contributed by atoms with Gasteiger partial charge >= 0.3 is 0 Å². The Kier molecular flexibility index (Phi) is 9.15. The van der Waals surface area contributed by atoms with Crippen molar-refractivity contribution in [3.8, 4) is 5.75 Å². The van der Waals surface area contributed by atoms with Crippen molar-refractivity contribution in [2.45, 2.75) is 58.5 Å². The van der Waals surface area contributed by atoms with Crippen molar-refractivity contribution in [3.63, 3.8) is 0 Å². The van der Waals surface area contributed by atoms with Gasteiger partial charge in [-0.15, -0.1) is 24.0 Å². The molecular weight excluding hydrogens is 483 g/mol. The van der Waals surface area contributed by atoms with Crippen LogP contribution in [0, 0.1) is 0 Å². The predicted molar refractivity (Wildman–Crippen MR) is 124 cm³/mol. The van der Waals surface area contributed by atoms with Crippen LogP contribution >= 0.6 is 24.0 Å². The first-order valence-corrected chi connectivity index (χ1v) is 9.71. The first-order valence-electron chi connectivity index (χ1n) is 9.71. The van der Waals surface area contributed by atoms with E-state index in [2.05, 4.69) is 37.8 Å². The summed E-state index contributed by atoms with van der Waals surface area (Å²) in [7, 11) is 3.44. The van der Waals surface area contributed by atoms with Crippen LogP contribution in [0.3, 0.4) is 0 Å². The van der Waals surface area contributed by atoms with E-state index >= 15 is 0 Å². The Morgan fingerprint density at radius 3 is 2.72 bits per heavy atom. The standard InChI is InChI=1S/C20H30N6O2.HI/c1-14(2)28-17-8-5-15(6-9-17)11-22-20(21-3)23-16-7-10-19-24-18(13-27-4)25-26(19)12-16;/h5-6,8-9,14,16H,7,10-13H2,1-4H3,(H2,21,22,23);1H. The molecule has 9 heteroatoms. The van der Waals surface area contributed by atoms with Crippen LogP contribution in [0.25, 0.3) is 0 Å². The third kappa shape index (κ3) is 6.84. The number of ether oxygens (including phenoxy) is 2. The molecule has 0 radical (unpaired) electrons. The number of guanidine groups is 1. The zero-order valence-electron chi connectivity index (χ0n) is 17.5. The lowest BCUT2D eigenvalue weighted by Crippen LogP contribution is -2.46. The summed E-state index contributed by atoms with van der Waals surface area (Å²) >= 11 is 0. The maximum Gasteiger partial charge on any atom is 0.191 e. The number of hydrogen-bond acceptors (Lipinski definition) is 5. The van der Waals surface area contributed by atoms with Crippen LogP contribution < -0.4 is 15.4 Å². The van der Waals surface area contributed by atoms with Gasteiger partial charge in [-0.1, -0.05) is 12.1 Å². The molecule has 29 heavy (non-hydrogen) atoms. The van der Waals surface area contributed by atoms with Crippen LogP contribution in [0.2, 0.25) is 0 Å². The summed E-state index contributed by atoms with van der Waals surface area (Å²) in [6.07, 6.45) is 2.06. The number of nitrogens with zero attached hydrogens (tertiary/aromatic N) is 4. The Morgan fingerprint density at radius 2 is 2.07 bits per heavy atom. The van der Waals surface area contributed by atoms with E-state index in [-0.39, 0.29) is 36.1 Å². The fourth-order valence-electron chi connectivity index (χ4n) is 3.20. The van der Waals surface area contributed by atoms with Crippen molar-refractivity contribution >= 4 is 29.9 Å². The summed E-state index contributed by atoms with van der Waals surface area (Å²) in [4.78, 5) is 8.87. The lowest BCUT2D eigenvalue weighted by atomic mass is 10.1. The Hall–Kier alpha value is -1.88. The number of benzene rings is 1. The Balaban J connectivity index is 0.00000300. The normalized spacial score (nSPS) is 16.2. The predicted octanol–water partition coefficient (Wildman–Crippen LogP) is 2.51. The zero-order valence-corrected chi connectivity index (χ0v) is 19.8. The molecule has 0 fully saturated rings. The molecular formula is C20H31IN6O2. The number of aryl methyl sites for hydroxylation is 1. The summed E-state index contributed by atoms with van der Waals surface area (Å²) in [6, 6.07) is 8.39. The van der Waals surface area contributed by atoms with Gasteiger partial charge in [0, 0.05) is 33.2 Å². The molecule has 1 aromatic carbocycles. The van der Waals surface area contributed by atoms with Gasteiger partial charge in [-0.25, -0.2) is 9.67 Å². The molecule has 1 atom stereocenters. The lowest BCUT2D eigenvalue weighted by molar-refractivity contribution is 0.177. The van der Waals surface area contributed by atoms with Crippen molar-refractivity contribution in [3.05, 3.63) is 41.5 Å². The molecule has 1 aliphatic heterocycles. The molecule has 1 unspecified atom stereocenters. The smallest absolute Gasteiger partial charge is 0.191 e. The number of nitrogens with one attached hydrogen (secondary N) is 2. The molecule has 0 saturated heterocycles. The second-order valence-electron chi connectivity index (χ2n) is 7.18. The minimum Gasteiger partial charge on any atom is -0.491 e. The van der Waals surface area contributed by atoms with Crippen molar-refractivity contribution in [2.75, 3.05) is 14.2 Å².